The van der Waals surface area contributed by atoms with Crippen molar-refractivity contribution in [2.75, 3.05) is 6.61 Å². The summed E-state index contributed by atoms with van der Waals surface area (Å²) >= 11 is 7.72. The van der Waals surface area contributed by atoms with E-state index >= 15 is 0 Å². The molecule has 0 bridgehead atoms. The molecule has 0 saturated heterocycles. The van der Waals surface area contributed by atoms with Crippen molar-refractivity contribution in [3.05, 3.63) is 141 Å². The third kappa shape index (κ3) is 5.30. The largest absolute Gasteiger partial charge is 0.463 e. The molecule has 3 aromatic carbocycles. The Morgan fingerprint density at radius 3 is 2.58 bits per heavy atom. The van der Waals surface area contributed by atoms with Crippen LogP contribution in [0.25, 0.3) is 17.0 Å². The van der Waals surface area contributed by atoms with Gasteiger partial charge in [-0.3, -0.25) is 19.5 Å². The molecule has 0 radical (unpaired) electrons. The molecule has 45 heavy (non-hydrogen) atoms. The van der Waals surface area contributed by atoms with Crippen molar-refractivity contribution >= 4 is 51.6 Å². The van der Waals surface area contributed by atoms with Gasteiger partial charge in [0.1, 0.15) is 0 Å². The number of benzene rings is 3. The number of hydrogen-bond donors (Lipinski definition) is 0. The lowest BCUT2D eigenvalue weighted by Gasteiger charge is -2.24. The number of esters is 1. The van der Waals surface area contributed by atoms with Crippen LogP contribution < -0.4 is 14.9 Å². The van der Waals surface area contributed by atoms with Crippen molar-refractivity contribution in [1.29, 1.82) is 0 Å². The minimum atomic E-state index is -0.954. The number of nitro benzene ring substituents is 1. The topological polar surface area (TPSA) is 109 Å². The second-order valence-corrected chi connectivity index (χ2v) is 12.2. The highest BCUT2D eigenvalue weighted by Crippen LogP contribution is 2.34. The highest BCUT2D eigenvalue weighted by atomic mass is 35.5. The van der Waals surface area contributed by atoms with Gasteiger partial charge in [-0.25, -0.2) is 9.79 Å². The highest BCUT2D eigenvalue weighted by Gasteiger charge is 2.34. The van der Waals surface area contributed by atoms with Crippen LogP contribution in [0.15, 0.2) is 87.8 Å². The quantitative estimate of drug-likeness (QED) is 0.124. The van der Waals surface area contributed by atoms with Crippen molar-refractivity contribution in [1.82, 2.24) is 9.13 Å². The molecule has 0 fully saturated rings. The van der Waals surface area contributed by atoms with Crippen molar-refractivity contribution in [3.63, 3.8) is 0 Å². The number of carbonyl (C=O) groups excluding carboxylic acids is 1. The Morgan fingerprint density at radius 2 is 1.84 bits per heavy atom. The Bertz CT molecular complexity index is 2240. The van der Waals surface area contributed by atoms with Crippen LogP contribution in [0.5, 0.6) is 0 Å². The Kier molecular flexibility index (Phi) is 8.03. The maximum Gasteiger partial charge on any atom is 0.338 e. The summed E-state index contributed by atoms with van der Waals surface area (Å²) in [5.41, 5.74) is 4.80. The predicted molar refractivity (Wildman–Crippen MR) is 175 cm³/mol. The van der Waals surface area contributed by atoms with Gasteiger partial charge in [-0.1, -0.05) is 71.5 Å². The van der Waals surface area contributed by atoms with E-state index in [1.165, 1.54) is 22.0 Å². The lowest BCUT2D eigenvalue weighted by atomic mass is 9.94. The molecule has 3 heterocycles. The van der Waals surface area contributed by atoms with Gasteiger partial charge < -0.3 is 9.30 Å². The molecule has 0 saturated carbocycles. The van der Waals surface area contributed by atoms with Crippen LogP contribution in [-0.2, 0) is 16.1 Å². The predicted octanol–water partition coefficient (Wildman–Crippen LogP) is 5.98. The van der Waals surface area contributed by atoms with Crippen LogP contribution in [0.3, 0.4) is 0 Å². The number of ether oxygens (including phenoxy) is 1. The van der Waals surface area contributed by atoms with Crippen molar-refractivity contribution in [3.8, 4) is 0 Å². The number of hydrogen-bond acceptors (Lipinski definition) is 7. The molecule has 6 rings (SSSR count). The molecule has 228 valence electrons. The van der Waals surface area contributed by atoms with Crippen LogP contribution in [0.1, 0.15) is 47.8 Å². The van der Waals surface area contributed by atoms with Gasteiger partial charge >= 0.3 is 5.97 Å². The number of fused-ring (bicyclic) bond motifs is 2. The molecule has 0 N–H and O–H groups in total. The zero-order valence-electron chi connectivity index (χ0n) is 25.0. The second kappa shape index (κ2) is 11.9. The summed E-state index contributed by atoms with van der Waals surface area (Å²) in [4.78, 5) is 43.9. The fourth-order valence-corrected chi connectivity index (χ4v) is 7.10. The van der Waals surface area contributed by atoms with Crippen LogP contribution in [0.4, 0.5) is 5.69 Å². The molecule has 0 amide bonds. The number of aryl methyl sites for hydroxylation is 1. The van der Waals surface area contributed by atoms with Gasteiger partial charge in [-0.05, 0) is 57.0 Å². The number of rotatable bonds is 7. The van der Waals surface area contributed by atoms with E-state index in [-0.39, 0.29) is 23.4 Å². The zero-order valence-corrected chi connectivity index (χ0v) is 26.6. The molecule has 11 heteroatoms. The molecule has 0 spiro atoms. The van der Waals surface area contributed by atoms with Gasteiger partial charge in [0.2, 0.25) is 0 Å². The van der Waals surface area contributed by atoms with E-state index in [0.29, 0.717) is 37.7 Å². The zero-order chi connectivity index (χ0) is 32.0. The van der Waals surface area contributed by atoms with E-state index in [1.54, 1.807) is 32.9 Å². The van der Waals surface area contributed by atoms with Crippen LogP contribution >= 0.6 is 22.9 Å². The molecule has 1 aliphatic heterocycles. The Hall–Kier alpha value is -4.80. The standard InChI is InChI=1S/C34H29ClN4O5S/c1-5-44-33(41)30-20(3)36-34-38(31(30)22-15-14-19(2)28(16-22)39(42)43)32(40)29(45-34)17-25-21(4)37(27-13-9-7-11-24(25)27)18-23-10-6-8-12-26(23)35/h6-17,31H,5,18H2,1-4H3/b29-17+/t31-/m1/s1. The van der Waals surface area contributed by atoms with E-state index in [4.69, 9.17) is 16.3 Å². The van der Waals surface area contributed by atoms with Gasteiger partial charge in [-0.2, -0.15) is 0 Å². The van der Waals surface area contributed by atoms with Gasteiger partial charge in [0.05, 0.1) is 33.4 Å². The first-order chi connectivity index (χ1) is 21.6. The molecule has 0 unspecified atom stereocenters. The summed E-state index contributed by atoms with van der Waals surface area (Å²) in [5, 5.41) is 13.5. The molecule has 1 atom stereocenters. The smallest absolute Gasteiger partial charge is 0.338 e. The third-order valence-corrected chi connectivity index (χ3v) is 9.46. The maximum atomic E-state index is 14.3. The van der Waals surface area contributed by atoms with E-state index < -0.39 is 16.9 Å². The molecule has 2 aromatic heterocycles. The van der Waals surface area contributed by atoms with E-state index in [2.05, 4.69) is 9.56 Å². The Morgan fingerprint density at radius 1 is 1.11 bits per heavy atom. The summed E-state index contributed by atoms with van der Waals surface area (Å²) < 4.78 is 9.41. The number of nitrogens with zero attached hydrogens (tertiary/aromatic N) is 4. The summed E-state index contributed by atoms with van der Waals surface area (Å²) in [6, 6.07) is 19.5. The normalized spacial score (nSPS) is 14.9. The number of carbonyl (C=O) groups is 1. The average molecular weight is 641 g/mol. The van der Waals surface area contributed by atoms with Crippen molar-refractivity contribution in [2.45, 2.75) is 40.3 Å². The lowest BCUT2D eigenvalue weighted by Crippen LogP contribution is -2.40. The first kappa shape index (κ1) is 30.2. The summed E-state index contributed by atoms with van der Waals surface area (Å²) in [6.07, 6.45) is 1.86. The molecule has 1 aliphatic rings. The minimum Gasteiger partial charge on any atom is -0.463 e. The SMILES string of the molecule is CCOC(=O)C1=C(C)N=c2s/c(=C/c3c(C)n(Cc4ccccc4Cl)c4ccccc34)c(=O)n2[C@@H]1c1ccc(C)c([N+](=O)[O-])c1. The number of halogens is 1. The fraction of sp³-hybridized carbons (Fsp3) is 0.206. The van der Waals surface area contributed by atoms with Crippen LogP contribution in [0.2, 0.25) is 5.02 Å². The van der Waals surface area contributed by atoms with E-state index in [0.717, 1.165) is 27.7 Å². The third-order valence-electron chi connectivity index (χ3n) is 8.10. The average Bonchev–Trinajstić information content (AvgIpc) is 3.46. The molecular formula is C34H29ClN4O5S. The van der Waals surface area contributed by atoms with Gasteiger partial charge in [-0.15, -0.1) is 0 Å². The number of para-hydroxylation sites is 1. The first-order valence-corrected chi connectivity index (χ1v) is 15.6. The summed E-state index contributed by atoms with van der Waals surface area (Å²) in [5.74, 6) is -0.625. The summed E-state index contributed by atoms with van der Waals surface area (Å²) in [7, 11) is 0. The highest BCUT2D eigenvalue weighted by molar-refractivity contribution is 7.07. The molecular weight excluding hydrogens is 612 g/mol. The van der Waals surface area contributed by atoms with Crippen LogP contribution in [-0.4, -0.2) is 26.6 Å². The number of thiazole rings is 1. The Balaban J connectivity index is 1.57. The van der Waals surface area contributed by atoms with E-state index in [9.17, 15) is 19.7 Å². The van der Waals surface area contributed by atoms with Crippen molar-refractivity contribution in [2.24, 2.45) is 4.99 Å². The Labute approximate surface area is 267 Å². The van der Waals surface area contributed by atoms with Gasteiger partial charge in [0.25, 0.3) is 11.2 Å². The fourth-order valence-electron chi connectivity index (χ4n) is 5.87. The summed E-state index contributed by atoms with van der Waals surface area (Å²) in [6.45, 7) is 7.71. The monoisotopic (exact) mass is 640 g/mol. The number of allylic oxidation sites excluding steroid dienone is 1. The van der Waals surface area contributed by atoms with Crippen LogP contribution in [0, 0.1) is 24.0 Å². The maximum absolute atomic E-state index is 14.3. The van der Waals surface area contributed by atoms with Gasteiger partial charge in [0, 0.05) is 45.4 Å². The second-order valence-electron chi connectivity index (χ2n) is 10.8. The lowest BCUT2D eigenvalue weighted by molar-refractivity contribution is -0.385. The molecule has 5 aromatic rings. The van der Waals surface area contributed by atoms with Crippen molar-refractivity contribution < 1.29 is 14.5 Å². The molecule has 0 aliphatic carbocycles. The first-order valence-electron chi connectivity index (χ1n) is 14.4. The number of aromatic nitrogens is 2. The number of nitro groups is 1. The van der Waals surface area contributed by atoms with Gasteiger partial charge in [0.15, 0.2) is 4.80 Å². The van der Waals surface area contributed by atoms with E-state index in [1.807, 2.05) is 61.5 Å². The molecule has 9 nitrogen and oxygen atoms in total. The minimum absolute atomic E-state index is 0.102.